The van der Waals surface area contributed by atoms with Gasteiger partial charge in [0.1, 0.15) is 0 Å². The van der Waals surface area contributed by atoms with Crippen LogP contribution in [-0.2, 0) is 10.2 Å². The minimum Gasteiger partial charge on any atom is -0.381 e. The number of hydrogen-bond acceptors (Lipinski definition) is 2. The molecule has 134 valence electrons. The van der Waals surface area contributed by atoms with Crippen LogP contribution in [0.2, 0.25) is 10.0 Å². The fraction of sp³-hybridized carbons (Fsp3) is 0.611. The third-order valence-corrected chi connectivity index (χ3v) is 5.00. The number of rotatable bonds is 5. The van der Waals surface area contributed by atoms with Crippen LogP contribution in [0.5, 0.6) is 0 Å². The number of aliphatic imine (C=N–C) groups is 1. The van der Waals surface area contributed by atoms with E-state index in [1.54, 1.807) is 7.05 Å². The molecule has 0 radical (unpaired) electrons. The molecule has 1 saturated heterocycles. The van der Waals surface area contributed by atoms with E-state index in [2.05, 4.69) is 29.5 Å². The molecule has 2 rings (SSSR count). The number of guanidine groups is 1. The van der Waals surface area contributed by atoms with Crippen molar-refractivity contribution in [2.75, 3.05) is 33.4 Å². The number of nitrogens with zero attached hydrogens (tertiary/aromatic N) is 1. The maximum atomic E-state index is 6.51. The zero-order chi connectivity index (χ0) is 17.6. The summed E-state index contributed by atoms with van der Waals surface area (Å²) in [5.41, 5.74) is 1.05. The molecule has 2 N–H and O–H groups in total. The molecule has 1 fully saturated rings. The van der Waals surface area contributed by atoms with Gasteiger partial charge in [-0.3, -0.25) is 4.99 Å². The normalized spacial score (nSPS) is 17.8. The van der Waals surface area contributed by atoms with Crippen molar-refractivity contribution in [3.05, 3.63) is 33.8 Å². The summed E-state index contributed by atoms with van der Waals surface area (Å²) in [5.74, 6) is 1.38. The summed E-state index contributed by atoms with van der Waals surface area (Å²) >= 11 is 12.6. The summed E-state index contributed by atoms with van der Waals surface area (Å²) in [7, 11) is 1.79. The molecule has 0 amide bonds. The molecular formula is C18H27Cl2N3O. The summed E-state index contributed by atoms with van der Waals surface area (Å²) in [6.45, 7) is 7.46. The Morgan fingerprint density at radius 1 is 1.25 bits per heavy atom. The highest BCUT2D eigenvalue weighted by Crippen LogP contribution is 2.39. The Hall–Kier alpha value is -0.970. The molecule has 4 nitrogen and oxygen atoms in total. The molecule has 0 aliphatic carbocycles. The van der Waals surface area contributed by atoms with Crippen molar-refractivity contribution in [2.45, 2.75) is 32.1 Å². The highest BCUT2D eigenvalue weighted by Gasteiger charge is 2.36. The SMILES string of the molecule is CN=C(NCC(C)C)NCC1(c2ccc(Cl)cc2Cl)CCOCC1. The highest BCUT2D eigenvalue weighted by molar-refractivity contribution is 6.35. The highest BCUT2D eigenvalue weighted by atomic mass is 35.5. The van der Waals surface area contributed by atoms with E-state index >= 15 is 0 Å². The van der Waals surface area contributed by atoms with Gasteiger partial charge in [-0.2, -0.15) is 0 Å². The lowest BCUT2D eigenvalue weighted by atomic mass is 9.74. The van der Waals surface area contributed by atoms with E-state index in [4.69, 9.17) is 27.9 Å². The van der Waals surface area contributed by atoms with Crippen molar-refractivity contribution in [1.29, 1.82) is 0 Å². The summed E-state index contributed by atoms with van der Waals surface area (Å²) in [6, 6.07) is 5.77. The molecule has 1 aliphatic rings. The molecule has 0 aromatic heterocycles. The zero-order valence-electron chi connectivity index (χ0n) is 14.7. The van der Waals surface area contributed by atoms with Gasteiger partial charge in [-0.1, -0.05) is 43.1 Å². The van der Waals surface area contributed by atoms with Gasteiger partial charge in [-0.05, 0) is 36.5 Å². The lowest BCUT2D eigenvalue weighted by molar-refractivity contribution is 0.0514. The maximum absolute atomic E-state index is 6.51. The van der Waals surface area contributed by atoms with E-state index in [0.29, 0.717) is 10.9 Å². The minimum atomic E-state index is -0.0740. The first-order valence-corrected chi connectivity index (χ1v) is 9.20. The molecule has 0 spiro atoms. The molecule has 1 aromatic rings. The smallest absolute Gasteiger partial charge is 0.191 e. The van der Waals surface area contributed by atoms with E-state index in [1.807, 2.05) is 18.2 Å². The van der Waals surface area contributed by atoms with E-state index in [0.717, 1.165) is 55.7 Å². The van der Waals surface area contributed by atoms with Gasteiger partial charge in [0.05, 0.1) is 0 Å². The molecule has 0 saturated carbocycles. The maximum Gasteiger partial charge on any atom is 0.191 e. The van der Waals surface area contributed by atoms with Gasteiger partial charge >= 0.3 is 0 Å². The van der Waals surface area contributed by atoms with Gasteiger partial charge in [0.2, 0.25) is 0 Å². The lowest BCUT2D eigenvalue weighted by Crippen LogP contribution is -2.48. The standard InChI is InChI=1S/C18H27Cl2N3O/c1-13(2)11-22-17(21-3)23-12-18(6-8-24-9-7-18)15-5-4-14(19)10-16(15)20/h4-5,10,13H,6-9,11-12H2,1-3H3,(H2,21,22,23). The van der Waals surface area contributed by atoms with Gasteiger partial charge < -0.3 is 15.4 Å². The Labute approximate surface area is 155 Å². The summed E-state index contributed by atoms with van der Waals surface area (Å²) < 4.78 is 5.58. The molecule has 6 heteroatoms. The molecule has 1 heterocycles. The average Bonchev–Trinajstić information content (AvgIpc) is 2.55. The lowest BCUT2D eigenvalue weighted by Gasteiger charge is -2.39. The fourth-order valence-corrected chi connectivity index (χ4v) is 3.61. The predicted molar refractivity (Wildman–Crippen MR) is 102 cm³/mol. The Bertz CT molecular complexity index is 569. The van der Waals surface area contributed by atoms with Crippen LogP contribution in [0.25, 0.3) is 0 Å². The van der Waals surface area contributed by atoms with Gasteiger partial charge in [-0.15, -0.1) is 0 Å². The summed E-state index contributed by atoms with van der Waals surface area (Å²) in [5, 5.41) is 8.20. The van der Waals surface area contributed by atoms with Gasteiger partial charge in [0.25, 0.3) is 0 Å². The Morgan fingerprint density at radius 3 is 2.54 bits per heavy atom. The van der Waals surface area contributed by atoms with Crippen LogP contribution in [0, 0.1) is 5.92 Å². The first-order valence-electron chi connectivity index (χ1n) is 8.44. The Balaban J connectivity index is 2.16. The number of benzene rings is 1. The monoisotopic (exact) mass is 371 g/mol. The molecule has 1 aliphatic heterocycles. The molecule has 0 bridgehead atoms. The van der Waals surface area contributed by atoms with Crippen LogP contribution >= 0.6 is 23.2 Å². The van der Waals surface area contributed by atoms with Crippen LogP contribution in [0.15, 0.2) is 23.2 Å². The quantitative estimate of drug-likeness (QED) is 0.609. The topological polar surface area (TPSA) is 45.7 Å². The fourth-order valence-electron chi connectivity index (χ4n) is 3.00. The van der Waals surface area contributed by atoms with Crippen molar-refractivity contribution in [3.8, 4) is 0 Å². The van der Waals surface area contributed by atoms with Crippen LogP contribution in [0.4, 0.5) is 0 Å². The van der Waals surface area contributed by atoms with Crippen LogP contribution < -0.4 is 10.6 Å². The van der Waals surface area contributed by atoms with Crippen molar-refractivity contribution in [1.82, 2.24) is 10.6 Å². The zero-order valence-corrected chi connectivity index (χ0v) is 16.2. The second-order valence-electron chi connectivity index (χ2n) is 6.72. The molecule has 24 heavy (non-hydrogen) atoms. The third-order valence-electron chi connectivity index (χ3n) is 4.45. The summed E-state index contributed by atoms with van der Waals surface area (Å²) in [4.78, 5) is 4.31. The van der Waals surface area contributed by atoms with Crippen LogP contribution in [-0.4, -0.2) is 39.3 Å². The molecule has 1 aromatic carbocycles. The van der Waals surface area contributed by atoms with E-state index in [9.17, 15) is 0 Å². The number of ether oxygens (including phenoxy) is 1. The second kappa shape index (κ2) is 8.93. The van der Waals surface area contributed by atoms with Crippen LogP contribution in [0.3, 0.4) is 0 Å². The number of halogens is 2. The van der Waals surface area contributed by atoms with E-state index in [1.165, 1.54) is 0 Å². The second-order valence-corrected chi connectivity index (χ2v) is 7.56. The van der Waals surface area contributed by atoms with Crippen molar-refractivity contribution >= 4 is 29.2 Å². The first-order chi connectivity index (χ1) is 11.5. The number of hydrogen-bond donors (Lipinski definition) is 2. The van der Waals surface area contributed by atoms with Gasteiger partial charge in [0, 0.05) is 48.8 Å². The average molecular weight is 372 g/mol. The first kappa shape index (κ1) is 19.4. The van der Waals surface area contributed by atoms with Crippen molar-refractivity contribution < 1.29 is 4.74 Å². The predicted octanol–water partition coefficient (Wildman–Crippen LogP) is 3.86. The summed E-state index contributed by atoms with van der Waals surface area (Å²) in [6.07, 6.45) is 1.84. The minimum absolute atomic E-state index is 0.0740. The largest absolute Gasteiger partial charge is 0.381 e. The number of nitrogens with one attached hydrogen (secondary N) is 2. The Kier molecular flexibility index (Phi) is 7.20. The van der Waals surface area contributed by atoms with E-state index in [-0.39, 0.29) is 5.41 Å². The molecule has 0 atom stereocenters. The van der Waals surface area contributed by atoms with Gasteiger partial charge in [0.15, 0.2) is 5.96 Å². The van der Waals surface area contributed by atoms with Crippen molar-refractivity contribution in [3.63, 3.8) is 0 Å². The molecule has 0 unspecified atom stereocenters. The molecular weight excluding hydrogens is 345 g/mol. The Morgan fingerprint density at radius 2 is 1.96 bits per heavy atom. The third kappa shape index (κ3) is 5.01. The van der Waals surface area contributed by atoms with Gasteiger partial charge in [-0.25, -0.2) is 0 Å². The van der Waals surface area contributed by atoms with Crippen molar-refractivity contribution in [2.24, 2.45) is 10.9 Å². The van der Waals surface area contributed by atoms with Crippen LogP contribution in [0.1, 0.15) is 32.3 Å². The van der Waals surface area contributed by atoms with E-state index < -0.39 is 0 Å².